The van der Waals surface area contributed by atoms with Crippen LogP contribution in [-0.4, -0.2) is 18.5 Å². The number of carbonyl (C=O) groups excluding carboxylic acids is 2. The van der Waals surface area contributed by atoms with Crippen molar-refractivity contribution >= 4 is 45.1 Å². The maximum atomic E-state index is 13.0. The zero-order chi connectivity index (χ0) is 22.7. The van der Waals surface area contributed by atoms with E-state index in [0.717, 1.165) is 46.0 Å². The van der Waals surface area contributed by atoms with E-state index in [4.69, 9.17) is 4.74 Å². The summed E-state index contributed by atoms with van der Waals surface area (Å²) in [6, 6.07) is 15.6. The van der Waals surface area contributed by atoms with Gasteiger partial charge in [-0.1, -0.05) is 49.4 Å². The van der Waals surface area contributed by atoms with Crippen LogP contribution in [0.15, 0.2) is 48.0 Å². The number of nitriles is 1. The van der Waals surface area contributed by atoms with E-state index in [9.17, 15) is 14.9 Å². The van der Waals surface area contributed by atoms with Crippen molar-refractivity contribution in [2.75, 3.05) is 11.9 Å². The summed E-state index contributed by atoms with van der Waals surface area (Å²) in [5, 5.41) is 15.0. The van der Waals surface area contributed by atoms with Crippen molar-refractivity contribution in [1.29, 1.82) is 5.26 Å². The molecule has 0 saturated heterocycles. The maximum absolute atomic E-state index is 13.0. The number of carbonyl (C=O) groups is 2. The number of thiophene rings is 1. The third-order valence-electron chi connectivity index (χ3n) is 5.71. The van der Waals surface area contributed by atoms with Crippen molar-refractivity contribution < 1.29 is 14.3 Å². The Morgan fingerprint density at radius 2 is 2.03 bits per heavy atom. The van der Waals surface area contributed by atoms with E-state index in [1.54, 1.807) is 13.0 Å². The Morgan fingerprint density at radius 3 is 2.81 bits per heavy atom. The van der Waals surface area contributed by atoms with Gasteiger partial charge in [-0.25, -0.2) is 4.79 Å². The number of amides is 1. The fraction of sp³-hybridized carbons (Fsp3) is 0.269. The molecule has 2 aromatic carbocycles. The fourth-order valence-corrected chi connectivity index (χ4v) is 5.50. The van der Waals surface area contributed by atoms with Crippen molar-refractivity contribution in [2.24, 2.45) is 5.92 Å². The van der Waals surface area contributed by atoms with Crippen LogP contribution in [0.1, 0.15) is 46.6 Å². The van der Waals surface area contributed by atoms with Crippen LogP contribution in [-0.2, 0) is 22.4 Å². The number of hydrogen-bond acceptors (Lipinski definition) is 5. The molecule has 3 aromatic rings. The minimum absolute atomic E-state index is 0.0177. The van der Waals surface area contributed by atoms with Crippen molar-refractivity contribution in [2.45, 2.75) is 33.1 Å². The van der Waals surface area contributed by atoms with Crippen LogP contribution >= 0.6 is 11.3 Å². The van der Waals surface area contributed by atoms with E-state index >= 15 is 0 Å². The van der Waals surface area contributed by atoms with Crippen LogP contribution < -0.4 is 5.32 Å². The molecule has 32 heavy (non-hydrogen) atoms. The Bertz CT molecular complexity index is 1260. The summed E-state index contributed by atoms with van der Waals surface area (Å²) in [5.74, 6) is -0.426. The Morgan fingerprint density at radius 1 is 1.25 bits per heavy atom. The summed E-state index contributed by atoms with van der Waals surface area (Å²) in [6.07, 6.45) is 4.25. The Kier molecular flexibility index (Phi) is 6.38. The predicted octanol–water partition coefficient (Wildman–Crippen LogP) is 5.75. The van der Waals surface area contributed by atoms with Crippen LogP contribution in [0.5, 0.6) is 0 Å². The molecule has 1 N–H and O–H groups in total. The average Bonchev–Trinajstić information content (AvgIpc) is 3.14. The van der Waals surface area contributed by atoms with Gasteiger partial charge in [0.05, 0.1) is 12.2 Å². The molecule has 0 fully saturated rings. The summed E-state index contributed by atoms with van der Waals surface area (Å²) in [7, 11) is 0. The first kappa shape index (κ1) is 21.8. The lowest BCUT2D eigenvalue weighted by Gasteiger charge is -2.18. The number of nitrogens with zero attached hydrogens (tertiary/aromatic N) is 1. The second-order valence-corrected chi connectivity index (χ2v) is 9.07. The first-order valence-electron chi connectivity index (χ1n) is 10.7. The van der Waals surface area contributed by atoms with E-state index in [0.29, 0.717) is 16.5 Å². The molecule has 162 valence electrons. The summed E-state index contributed by atoms with van der Waals surface area (Å²) >= 11 is 1.42. The van der Waals surface area contributed by atoms with Gasteiger partial charge in [0.1, 0.15) is 16.6 Å². The molecule has 1 aromatic heterocycles. The predicted molar refractivity (Wildman–Crippen MR) is 128 cm³/mol. The summed E-state index contributed by atoms with van der Waals surface area (Å²) in [5.41, 5.74) is 2.18. The number of fused-ring (bicyclic) bond motifs is 2. The van der Waals surface area contributed by atoms with Gasteiger partial charge in [-0.3, -0.25) is 4.79 Å². The first-order valence-corrected chi connectivity index (χ1v) is 11.6. The van der Waals surface area contributed by atoms with Crippen molar-refractivity contribution in [1.82, 2.24) is 0 Å². The van der Waals surface area contributed by atoms with Gasteiger partial charge in [0.25, 0.3) is 5.91 Å². The van der Waals surface area contributed by atoms with Crippen molar-refractivity contribution in [3.05, 3.63) is 69.6 Å². The maximum Gasteiger partial charge on any atom is 0.341 e. The second-order valence-electron chi connectivity index (χ2n) is 7.97. The van der Waals surface area contributed by atoms with E-state index in [1.165, 1.54) is 11.3 Å². The van der Waals surface area contributed by atoms with Crippen LogP contribution in [0, 0.1) is 17.2 Å². The molecule has 0 spiro atoms. The van der Waals surface area contributed by atoms with Crippen molar-refractivity contribution in [3.63, 3.8) is 0 Å². The normalized spacial score (nSPS) is 15.7. The molecule has 0 bridgehead atoms. The Balaban J connectivity index is 1.69. The number of benzene rings is 2. The van der Waals surface area contributed by atoms with Crippen LogP contribution in [0.2, 0.25) is 0 Å². The standard InChI is InChI=1S/C26H24N2O3S/c1-3-31-26(30)23-21-12-11-16(2)13-22(21)32-25(23)28-24(29)19(15-27)14-18-9-6-8-17-7-4-5-10-20(17)18/h4-10,14,16H,3,11-13H2,1-2H3,(H,28,29)/b19-14+/t16-/m0/s1. The molecule has 0 saturated carbocycles. The van der Waals surface area contributed by atoms with Gasteiger partial charge in [0, 0.05) is 4.88 Å². The quantitative estimate of drug-likeness (QED) is 0.309. The topological polar surface area (TPSA) is 79.2 Å². The molecule has 1 aliphatic rings. The summed E-state index contributed by atoms with van der Waals surface area (Å²) in [6.45, 7) is 4.21. The molecule has 1 aliphatic carbocycles. The molecule has 1 amide bonds. The summed E-state index contributed by atoms with van der Waals surface area (Å²) < 4.78 is 5.27. The molecule has 6 heteroatoms. The van der Waals surface area contributed by atoms with E-state index in [-0.39, 0.29) is 12.2 Å². The number of esters is 1. The van der Waals surface area contributed by atoms with Crippen LogP contribution in [0.25, 0.3) is 16.8 Å². The molecule has 1 atom stereocenters. The lowest BCUT2D eigenvalue weighted by Crippen LogP contribution is -2.17. The lowest BCUT2D eigenvalue weighted by molar-refractivity contribution is -0.112. The third kappa shape index (κ3) is 4.30. The average molecular weight is 445 g/mol. The zero-order valence-electron chi connectivity index (χ0n) is 18.1. The zero-order valence-corrected chi connectivity index (χ0v) is 18.9. The first-order chi connectivity index (χ1) is 15.5. The molecule has 0 aliphatic heterocycles. The fourth-order valence-electron chi connectivity index (χ4n) is 4.11. The molecular formula is C26H24N2O3S. The van der Waals surface area contributed by atoms with Gasteiger partial charge in [0.15, 0.2) is 0 Å². The molecule has 0 unspecified atom stereocenters. The second kappa shape index (κ2) is 9.37. The smallest absolute Gasteiger partial charge is 0.341 e. The highest BCUT2D eigenvalue weighted by atomic mass is 32.1. The number of ether oxygens (including phenoxy) is 1. The third-order valence-corrected chi connectivity index (χ3v) is 6.88. The van der Waals surface area contributed by atoms with E-state index in [2.05, 4.69) is 12.2 Å². The number of nitrogens with one attached hydrogen (secondary N) is 1. The van der Waals surface area contributed by atoms with Crippen LogP contribution in [0.4, 0.5) is 5.00 Å². The Labute approximate surface area is 191 Å². The van der Waals surface area contributed by atoms with Gasteiger partial charge in [-0.2, -0.15) is 5.26 Å². The van der Waals surface area contributed by atoms with Crippen molar-refractivity contribution in [3.8, 4) is 6.07 Å². The molecular weight excluding hydrogens is 420 g/mol. The molecule has 5 nitrogen and oxygen atoms in total. The minimum atomic E-state index is -0.530. The molecule has 1 heterocycles. The van der Waals surface area contributed by atoms with Gasteiger partial charge in [0.2, 0.25) is 0 Å². The van der Waals surface area contributed by atoms with Gasteiger partial charge in [-0.05, 0) is 60.1 Å². The monoisotopic (exact) mass is 444 g/mol. The van der Waals surface area contributed by atoms with E-state index < -0.39 is 11.9 Å². The number of rotatable bonds is 5. The Hall–Kier alpha value is -3.43. The molecule has 0 radical (unpaired) electrons. The lowest BCUT2D eigenvalue weighted by atomic mass is 9.88. The van der Waals surface area contributed by atoms with Gasteiger partial charge >= 0.3 is 5.97 Å². The highest BCUT2D eigenvalue weighted by Crippen LogP contribution is 2.40. The highest BCUT2D eigenvalue weighted by Gasteiger charge is 2.29. The largest absolute Gasteiger partial charge is 0.462 e. The number of anilines is 1. The van der Waals surface area contributed by atoms with Crippen LogP contribution in [0.3, 0.4) is 0 Å². The molecule has 4 rings (SSSR count). The minimum Gasteiger partial charge on any atom is -0.462 e. The SMILES string of the molecule is CCOC(=O)c1c(NC(=O)/C(C#N)=C/c2cccc3ccccc23)sc2c1CC[C@H](C)C2. The highest BCUT2D eigenvalue weighted by molar-refractivity contribution is 7.17. The summed E-state index contributed by atoms with van der Waals surface area (Å²) in [4.78, 5) is 26.8. The van der Waals surface area contributed by atoms with E-state index in [1.807, 2.05) is 48.5 Å². The van der Waals surface area contributed by atoms with Gasteiger partial charge in [-0.15, -0.1) is 11.3 Å². The van der Waals surface area contributed by atoms with Gasteiger partial charge < -0.3 is 10.1 Å². The number of hydrogen-bond donors (Lipinski definition) is 1.